The van der Waals surface area contributed by atoms with Crippen molar-refractivity contribution in [2.24, 2.45) is 0 Å². The second-order valence-corrected chi connectivity index (χ2v) is 11.2. The fourth-order valence-electron chi connectivity index (χ4n) is 5.51. The molecule has 2 fully saturated rings. The summed E-state index contributed by atoms with van der Waals surface area (Å²) in [5, 5.41) is 12.8. The Morgan fingerprint density at radius 2 is 1.57 bits per heavy atom. The van der Waals surface area contributed by atoms with E-state index >= 15 is 0 Å². The lowest BCUT2D eigenvalue weighted by Gasteiger charge is -2.27. The zero-order chi connectivity index (χ0) is 29.1. The first-order valence-electron chi connectivity index (χ1n) is 15.1. The molecule has 220 valence electrons. The van der Waals surface area contributed by atoms with Crippen LogP contribution in [0.2, 0.25) is 0 Å². The topological polar surface area (TPSA) is 103 Å². The Bertz CT molecular complexity index is 1330. The molecule has 3 amide bonds. The molecule has 0 bridgehead atoms. The van der Waals surface area contributed by atoms with Crippen LogP contribution in [0.25, 0.3) is 0 Å². The second-order valence-electron chi connectivity index (χ2n) is 11.2. The molecule has 1 unspecified atom stereocenters. The first-order chi connectivity index (χ1) is 20.6. The first-order valence-corrected chi connectivity index (χ1v) is 15.1. The van der Waals surface area contributed by atoms with Gasteiger partial charge in [0.05, 0.1) is 0 Å². The van der Waals surface area contributed by atoms with Gasteiger partial charge in [-0.2, -0.15) is 0 Å². The molecule has 1 saturated heterocycles. The van der Waals surface area contributed by atoms with Crippen molar-refractivity contribution in [2.45, 2.75) is 50.2 Å². The summed E-state index contributed by atoms with van der Waals surface area (Å²) >= 11 is 0. The highest BCUT2D eigenvalue weighted by atomic mass is 16.2. The molecule has 1 aliphatic carbocycles. The summed E-state index contributed by atoms with van der Waals surface area (Å²) in [4.78, 5) is 41.3. The van der Waals surface area contributed by atoms with E-state index in [4.69, 9.17) is 0 Å². The third-order valence-corrected chi connectivity index (χ3v) is 8.05. The third kappa shape index (κ3) is 8.27. The average molecular weight is 568 g/mol. The van der Waals surface area contributed by atoms with Crippen LogP contribution >= 0.6 is 0 Å². The van der Waals surface area contributed by atoms with Crippen molar-refractivity contribution in [3.8, 4) is 0 Å². The number of hydrogen-bond donors (Lipinski definition) is 4. The van der Waals surface area contributed by atoms with Crippen LogP contribution in [0.1, 0.15) is 63.4 Å². The van der Waals surface area contributed by atoms with E-state index in [0.717, 1.165) is 44.5 Å². The van der Waals surface area contributed by atoms with Crippen LogP contribution in [0.15, 0.2) is 84.9 Å². The quantitative estimate of drug-likeness (QED) is 0.237. The molecule has 8 heteroatoms. The molecule has 3 aromatic rings. The highest BCUT2D eigenvalue weighted by molar-refractivity contribution is 6.01. The highest BCUT2D eigenvalue weighted by Crippen LogP contribution is 2.40. The molecular formula is C34H41N5O3. The Kier molecular flexibility index (Phi) is 10.4. The van der Waals surface area contributed by atoms with E-state index in [1.165, 1.54) is 5.56 Å². The first kappa shape index (κ1) is 29.5. The number of hydrogen-bond acceptors (Lipinski definition) is 5. The fourth-order valence-corrected chi connectivity index (χ4v) is 5.51. The van der Waals surface area contributed by atoms with Gasteiger partial charge in [-0.15, -0.1) is 0 Å². The van der Waals surface area contributed by atoms with Gasteiger partial charge in [-0.25, -0.2) is 0 Å². The summed E-state index contributed by atoms with van der Waals surface area (Å²) in [7, 11) is 0. The molecule has 4 N–H and O–H groups in total. The molecule has 2 aliphatic rings. The molecule has 8 nitrogen and oxygen atoms in total. The van der Waals surface area contributed by atoms with Crippen molar-refractivity contribution >= 4 is 17.7 Å². The Balaban J connectivity index is 1.15. The van der Waals surface area contributed by atoms with Gasteiger partial charge >= 0.3 is 0 Å². The predicted molar refractivity (Wildman–Crippen MR) is 164 cm³/mol. The largest absolute Gasteiger partial charge is 0.350 e. The molecule has 0 aromatic heterocycles. The summed E-state index contributed by atoms with van der Waals surface area (Å²) in [5.41, 5.74) is 3.23. The number of carbonyl (C=O) groups excluding carboxylic acids is 3. The van der Waals surface area contributed by atoms with E-state index in [1.54, 1.807) is 29.2 Å². The SMILES string of the molecule is O=C(NC(CCCCN[C@@H]1C[C@H]1c1ccccc1)C(=O)NCc1ccccc1)c1cccc(C(=O)N2CCNCC2)c1. The Morgan fingerprint density at radius 1 is 0.857 bits per heavy atom. The number of nitrogens with one attached hydrogen (secondary N) is 4. The van der Waals surface area contributed by atoms with Gasteiger partial charge < -0.3 is 26.2 Å². The number of nitrogens with zero attached hydrogens (tertiary/aromatic N) is 1. The summed E-state index contributed by atoms with van der Waals surface area (Å²) < 4.78 is 0. The molecular weight excluding hydrogens is 526 g/mol. The minimum atomic E-state index is -0.674. The second kappa shape index (κ2) is 14.8. The summed E-state index contributed by atoms with van der Waals surface area (Å²) in [6.45, 7) is 4.06. The lowest BCUT2D eigenvalue weighted by atomic mass is 10.1. The van der Waals surface area contributed by atoms with Crippen molar-refractivity contribution in [1.29, 1.82) is 0 Å². The number of carbonyl (C=O) groups is 3. The van der Waals surface area contributed by atoms with Gasteiger partial charge in [0.1, 0.15) is 6.04 Å². The van der Waals surface area contributed by atoms with Gasteiger partial charge in [0.2, 0.25) is 5.91 Å². The molecule has 0 radical (unpaired) electrons. The minimum Gasteiger partial charge on any atom is -0.350 e. The fraction of sp³-hybridized carbons (Fsp3) is 0.382. The van der Waals surface area contributed by atoms with Gasteiger partial charge in [0.25, 0.3) is 11.8 Å². The van der Waals surface area contributed by atoms with E-state index in [1.807, 2.05) is 36.4 Å². The Morgan fingerprint density at radius 3 is 2.33 bits per heavy atom. The van der Waals surface area contributed by atoms with Gasteiger partial charge in [0.15, 0.2) is 0 Å². The van der Waals surface area contributed by atoms with Crippen molar-refractivity contribution in [1.82, 2.24) is 26.2 Å². The van der Waals surface area contributed by atoms with E-state index < -0.39 is 6.04 Å². The number of benzene rings is 3. The van der Waals surface area contributed by atoms with Gasteiger partial charge in [-0.3, -0.25) is 14.4 Å². The lowest BCUT2D eigenvalue weighted by Crippen LogP contribution is -2.47. The predicted octanol–water partition coefficient (Wildman–Crippen LogP) is 3.46. The molecule has 1 heterocycles. The molecule has 3 aromatic carbocycles. The molecule has 5 rings (SSSR count). The molecule has 0 spiro atoms. The van der Waals surface area contributed by atoms with Crippen LogP contribution in [-0.2, 0) is 11.3 Å². The van der Waals surface area contributed by atoms with Crippen molar-refractivity contribution in [2.75, 3.05) is 32.7 Å². The van der Waals surface area contributed by atoms with Crippen LogP contribution in [-0.4, -0.2) is 67.4 Å². The zero-order valence-corrected chi connectivity index (χ0v) is 24.1. The van der Waals surface area contributed by atoms with Crippen molar-refractivity contribution < 1.29 is 14.4 Å². The van der Waals surface area contributed by atoms with Gasteiger partial charge in [-0.05, 0) is 61.6 Å². The van der Waals surface area contributed by atoms with E-state index in [-0.39, 0.29) is 17.7 Å². The standard InChI is InChI=1S/C34H41N5O3/c40-32(27-14-9-15-28(22-27)34(42)39-20-18-35-19-21-39)38-30(33(41)37-24-25-10-3-1-4-11-25)16-7-8-17-36-31-23-29(31)26-12-5-2-6-13-26/h1-6,9-15,22,29-31,35-36H,7-8,16-21,23-24H2,(H,37,41)(H,38,40)/t29-,30?,31+/m0/s1. The zero-order valence-electron chi connectivity index (χ0n) is 24.1. The lowest BCUT2D eigenvalue weighted by molar-refractivity contribution is -0.123. The molecule has 1 aliphatic heterocycles. The number of rotatable bonds is 13. The van der Waals surface area contributed by atoms with Gasteiger partial charge in [0, 0.05) is 55.8 Å². The summed E-state index contributed by atoms with van der Waals surface area (Å²) in [5.74, 6) is -0.0663. The normalized spacial score (nSPS) is 18.6. The van der Waals surface area contributed by atoms with Crippen LogP contribution in [0, 0.1) is 0 Å². The minimum absolute atomic E-state index is 0.0824. The Hall–Kier alpha value is -4.01. The molecule has 42 heavy (non-hydrogen) atoms. The van der Waals surface area contributed by atoms with Gasteiger partial charge in [-0.1, -0.05) is 66.7 Å². The number of unbranched alkanes of at least 4 members (excludes halogenated alkanes) is 1. The number of amides is 3. The maximum atomic E-state index is 13.3. The molecule has 3 atom stereocenters. The van der Waals surface area contributed by atoms with Crippen molar-refractivity contribution in [3.63, 3.8) is 0 Å². The van der Waals surface area contributed by atoms with Crippen LogP contribution in [0.3, 0.4) is 0 Å². The van der Waals surface area contributed by atoms with Crippen LogP contribution < -0.4 is 21.3 Å². The maximum absolute atomic E-state index is 13.3. The van der Waals surface area contributed by atoms with E-state index in [9.17, 15) is 14.4 Å². The van der Waals surface area contributed by atoms with E-state index in [2.05, 4.69) is 45.5 Å². The summed E-state index contributed by atoms with van der Waals surface area (Å²) in [6.07, 6.45) is 3.38. The van der Waals surface area contributed by atoms with Crippen molar-refractivity contribution in [3.05, 3.63) is 107 Å². The highest BCUT2D eigenvalue weighted by Gasteiger charge is 2.37. The molecule has 1 saturated carbocycles. The number of piperazine rings is 1. The third-order valence-electron chi connectivity index (χ3n) is 8.05. The van der Waals surface area contributed by atoms with Crippen LogP contribution in [0.4, 0.5) is 0 Å². The maximum Gasteiger partial charge on any atom is 0.253 e. The average Bonchev–Trinajstić information content (AvgIpc) is 3.83. The summed E-state index contributed by atoms with van der Waals surface area (Å²) in [6, 6.07) is 26.9. The van der Waals surface area contributed by atoms with Crippen LogP contribution in [0.5, 0.6) is 0 Å². The monoisotopic (exact) mass is 567 g/mol. The van der Waals surface area contributed by atoms with E-state index in [0.29, 0.717) is 49.1 Å². The smallest absolute Gasteiger partial charge is 0.253 e. The Labute approximate surface area is 248 Å².